The van der Waals surface area contributed by atoms with Crippen molar-refractivity contribution in [3.8, 4) is 0 Å². The Morgan fingerprint density at radius 1 is 1.60 bits per heavy atom. The van der Waals surface area contributed by atoms with Gasteiger partial charge in [-0.1, -0.05) is 0 Å². The number of aromatic nitrogens is 2. The third kappa shape index (κ3) is 2.04. The number of nitrogens with one attached hydrogen (secondary N) is 1. The van der Waals surface area contributed by atoms with Gasteiger partial charge < -0.3 is 10.3 Å². The Hall–Kier alpha value is -1.69. The first-order valence-corrected chi connectivity index (χ1v) is 4.78. The number of amides is 1. The van der Waals surface area contributed by atoms with Gasteiger partial charge in [-0.15, -0.1) is 0 Å². The number of rotatable bonds is 3. The molecule has 1 amide bonds. The largest absolute Gasteiger partial charge is 0.337 e. The van der Waals surface area contributed by atoms with E-state index in [1.54, 1.807) is 11.9 Å². The fourth-order valence-corrected chi connectivity index (χ4v) is 1.35. The summed E-state index contributed by atoms with van der Waals surface area (Å²) < 4.78 is 0. The van der Waals surface area contributed by atoms with Crippen LogP contribution in [-0.2, 0) is 0 Å². The molecule has 1 saturated carbocycles. The van der Waals surface area contributed by atoms with Crippen molar-refractivity contribution in [3.05, 3.63) is 18.1 Å². The van der Waals surface area contributed by atoms with Gasteiger partial charge >= 0.3 is 0 Å². The van der Waals surface area contributed by atoms with Gasteiger partial charge in [-0.3, -0.25) is 9.78 Å². The summed E-state index contributed by atoms with van der Waals surface area (Å²) in [5.41, 5.74) is 2.68. The molecular weight excluding hydrogens is 194 g/mol. The summed E-state index contributed by atoms with van der Waals surface area (Å²) in [7, 11) is 1.78. The molecule has 0 aromatic carbocycles. The Morgan fingerprint density at radius 2 is 2.33 bits per heavy atom. The third-order valence-corrected chi connectivity index (χ3v) is 2.42. The van der Waals surface area contributed by atoms with Crippen molar-refractivity contribution >= 4 is 11.7 Å². The monoisotopic (exact) mass is 207 g/mol. The number of hydrogen-bond acceptors (Lipinski definition) is 5. The highest BCUT2D eigenvalue weighted by Gasteiger charge is 2.30. The molecule has 1 aliphatic rings. The van der Waals surface area contributed by atoms with Crippen molar-refractivity contribution in [2.45, 2.75) is 18.9 Å². The molecular formula is C9H13N5O. The minimum Gasteiger partial charge on any atom is -0.337 e. The summed E-state index contributed by atoms with van der Waals surface area (Å²) in [6, 6.07) is 0.369. The van der Waals surface area contributed by atoms with E-state index in [1.807, 2.05) is 0 Å². The van der Waals surface area contributed by atoms with Crippen LogP contribution < -0.4 is 11.3 Å². The number of carbonyl (C=O) groups excluding carboxylic acids is 1. The summed E-state index contributed by atoms with van der Waals surface area (Å²) in [6.45, 7) is 0. The lowest BCUT2D eigenvalue weighted by molar-refractivity contribution is 0.0779. The van der Waals surface area contributed by atoms with E-state index in [1.165, 1.54) is 12.4 Å². The lowest BCUT2D eigenvalue weighted by atomic mass is 10.4. The van der Waals surface area contributed by atoms with E-state index < -0.39 is 0 Å². The fraction of sp³-hybridized carbons (Fsp3) is 0.444. The maximum absolute atomic E-state index is 11.8. The topological polar surface area (TPSA) is 84.1 Å². The van der Waals surface area contributed by atoms with E-state index in [-0.39, 0.29) is 5.91 Å². The number of nitrogens with two attached hydrogens (primary N) is 1. The summed E-state index contributed by atoms with van der Waals surface area (Å²) in [6.07, 6.45) is 5.06. The second kappa shape index (κ2) is 3.82. The molecule has 6 heteroatoms. The SMILES string of the molecule is CN(C(=O)c1cncc(NN)n1)C1CC1. The number of nitrogens with zero attached hydrogens (tertiary/aromatic N) is 3. The van der Waals surface area contributed by atoms with Crippen LogP contribution in [0.2, 0.25) is 0 Å². The Labute approximate surface area is 87.5 Å². The van der Waals surface area contributed by atoms with Gasteiger partial charge in [-0.25, -0.2) is 10.8 Å². The van der Waals surface area contributed by atoms with Gasteiger partial charge in [-0.05, 0) is 12.8 Å². The van der Waals surface area contributed by atoms with Gasteiger partial charge in [0.2, 0.25) is 0 Å². The lowest BCUT2D eigenvalue weighted by Crippen LogP contribution is -2.29. The number of anilines is 1. The van der Waals surface area contributed by atoms with Crippen molar-refractivity contribution in [2.24, 2.45) is 5.84 Å². The molecule has 1 fully saturated rings. The van der Waals surface area contributed by atoms with Gasteiger partial charge in [0.25, 0.3) is 5.91 Å². The third-order valence-electron chi connectivity index (χ3n) is 2.42. The highest BCUT2D eigenvalue weighted by molar-refractivity contribution is 5.92. The van der Waals surface area contributed by atoms with Crippen LogP contribution in [0.15, 0.2) is 12.4 Å². The smallest absolute Gasteiger partial charge is 0.274 e. The van der Waals surface area contributed by atoms with Crippen LogP contribution in [-0.4, -0.2) is 33.9 Å². The molecule has 80 valence electrons. The molecule has 0 spiro atoms. The van der Waals surface area contributed by atoms with Gasteiger partial charge in [-0.2, -0.15) is 0 Å². The first-order valence-electron chi connectivity index (χ1n) is 4.78. The molecule has 1 heterocycles. The van der Waals surface area contributed by atoms with E-state index in [9.17, 15) is 4.79 Å². The molecule has 3 N–H and O–H groups in total. The van der Waals surface area contributed by atoms with Crippen molar-refractivity contribution in [1.82, 2.24) is 14.9 Å². The minimum absolute atomic E-state index is 0.109. The van der Waals surface area contributed by atoms with Crippen molar-refractivity contribution in [1.29, 1.82) is 0 Å². The van der Waals surface area contributed by atoms with E-state index in [4.69, 9.17) is 5.84 Å². The normalized spacial score (nSPS) is 14.8. The highest BCUT2D eigenvalue weighted by atomic mass is 16.2. The Bertz CT molecular complexity index is 377. The van der Waals surface area contributed by atoms with E-state index in [0.717, 1.165) is 12.8 Å². The Balaban J connectivity index is 2.16. The highest BCUT2D eigenvalue weighted by Crippen LogP contribution is 2.26. The maximum Gasteiger partial charge on any atom is 0.274 e. The average molecular weight is 207 g/mol. The summed E-state index contributed by atoms with van der Waals surface area (Å²) >= 11 is 0. The van der Waals surface area contributed by atoms with Gasteiger partial charge in [0.15, 0.2) is 5.82 Å². The quantitative estimate of drug-likeness (QED) is 0.538. The number of hydrogen-bond donors (Lipinski definition) is 2. The van der Waals surface area contributed by atoms with Crippen molar-refractivity contribution < 1.29 is 4.79 Å². The maximum atomic E-state index is 11.8. The van der Waals surface area contributed by atoms with Crippen LogP contribution in [0.25, 0.3) is 0 Å². The minimum atomic E-state index is -0.109. The number of carbonyl (C=O) groups is 1. The molecule has 0 bridgehead atoms. The molecule has 0 radical (unpaired) electrons. The predicted molar refractivity (Wildman–Crippen MR) is 55.0 cm³/mol. The molecule has 0 unspecified atom stereocenters. The first-order chi connectivity index (χ1) is 7.22. The molecule has 2 rings (SSSR count). The summed E-state index contributed by atoms with van der Waals surface area (Å²) in [4.78, 5) is 21.5. The lowest BCUT2D eigenvalue weighted by Gasteiger charge is -2.15. The van der Waals surface area contributed by atoms with E-state index in [2.05, 4.69) is 15.4 Å². The zero-order chi connectivity index (χ0) is 10.8. The van der Waals surface area contributed by atoms with Gasteiger partial charge in [0, 0.05) is 13.1 Å². The van der Waals surface area contributed by atoms with Crippen LogP contribution in [0.3, 0.4) is 0 Å². The molecule has 15 heavy (non-hydrogen) atoms. The Kier molecular flexibility index (Phi) is 2.51. The fourth-order valence-electron chi connectivity index (χ4n) is 1.35. The van der Waals surface area contributed by atoms with E-state index >= 15 is 0 Å². The molecule has 0 atom stereocenters. The van der Waals surface area contributed by atoms with Crippen LogP contribution in [0, 0.1) is 0 Å². The molecule has 0 saturated heterocycles. The molecule has 0 aliphatic heterocycles. The molecule has 1 aromatic rings. The predicted octanol–water partition coefficient (Wildman–Crippen LogP) is -0.00340. The second-order valence-electron chi connectivity index (χ2n) is 3.58. The number of hydrazine groups is 1. The van der Waals surface area contributed by atoms with Crippen LogP contribution in [0.5, 0.6) is 0 Å². The van der Waals surface area contributed by atoms with Gasteiger partial charge in [0.1, 0.15) is 5.69 Å². The van der Waals surface area contributed by atoms with Crippen LogP contribution in [0.1, 0.15) is 23.3 Å². The summed E-state index contributed by atoms with van der Waals surface area (Å²) in [5, 5.41) is 0. The molecule has 1 aromatic heterocycles. The standard InChI is InChI=1S/C9H13N5O/c1-14(6-2-3-6)9(15)7-4-11-5-8(12-7)13-10/h4-6H,2-3,10H2,1H3,(H,12,13). The molecule has 1 aliphatic carbocycles. The summed E-state index contributed by atoms with van der Waals surface area (Å²) in [5.74, 6) is 5.47. The zero-order valence-corrected chi connectivity index (χ0v) is 8.47. The molecule has 6 nitrogen and oxygen atoms in total. The first kappa shape index (κ1) is 9.85. The average Bonchev–Trinajstić information content (AvgIpc) is 3.11. The van der Waals surface area contributed by atoms with Crippen LogP contribution in [0.4, 0.5) is 5.82 Å². The van der Waals surface area contributed by atoms with Crippen molar-refractivity contribution in [3.63, 3.8) is 0 Å². The van der Waals surface area contributed by atoms with Crippen molar-refractivity contribution in [2.75, 3.05) is 12.5 Å². The van der Waals surface area contributed by atoms with Gasteiger partial charge in [0.05, 0.1) is 12.4 Å². The number of nitrogen functional groups attached to an aromatic ring is 1. The Morgan fingerprint density at radius 3 is 2.93 bits per heavy atom. The second-order valence-corrected chi connectivity index (χ2v) is 3.58. The van der Waals surface area contributed by atoms with Crippen LogP contribution >= 0.6 is 0 Å². The zero-order valence-electron chi connectivity index (χ0n) is 8.47. The van der Waals surface area contributed by atoms with E-state index in [0.29, 0.717) is 17.6 Å².